The zero-order valence-electron chi connectivity index (χ0n) is 15.7. The Morgan fingerprint density at radius 1 is 1.19 bits per heavy atom. The lowest BCUT2D eigenvalue weighted by Gasteiger charge is -2.25. The second-order valence-electron chi connectivity index (χ2n) is 6.83. The van der Waals surface area contributed by atoms with E-state index in [-0.39, 0.29) is 18.4 Å². The van der Waals surface area contributed by atoms with Crippen LogP contribution < -0.4 is 14.8 Å². The highest BCUT2D eigenvalue weighted by Crippen LogP contribution is 2.38. The summed E-state index contributed by atoms with van der Waals surface area (Å²) in [4.78, 5) is 14.6. The molecule has 2 aromatic rings. The van der Waals surface area contributed by atoms with Gasteiger partial charge in [0.1, 0.15) is 0 Å². The van der Waals surface area contributed by atoms with E-state index in [1.165, 1.54) is 5.56 Å². The summed E-state index contributed by atoms with van der Waals surface area (Å²) in [5.74, 6) is 1.12. The summed E-state index contributed by atoms with van der Waals surface area (Å²) in [6.07, 6.45) is 1.05. The van der Waals surface area contributed by atoms with Crippen LogP contribution in [0.25, 0.3) is 0 Å². The van der Waals surface area contributed by atoms with Gasteiger partial charge in [0.05, 0.1) is 30.7 Å². The number of carbonyl (C=O) groups excluding carboxylic acids is 1. The number of nitrogens with zero attached hydrogens (tertiary/aromatic N) is 1. The number of halogens is 1. The normalized spacial score (nSPS) is 14.5. The molecule has 1 heterocycles. The summed E-state index contributed by atoms with van der Waals surface area (Å²) < 4.78 is 11.3. The molecule has 0 saturated carbocycles. The van der Waals surface area contributed by atoms with E-state index in [4.69, 9.17) is 21.1 Å². The van der Waals surface area contributed by atoms with Crippen molar-refractivity contribution in [2.75, 3.05) is 33.9 Å². The van der Waals surface area contributed by atoms with Crippen LogP contribution in [-0.2, 0) is 11.2 Å². The molecule has 144 valence electrons. The molecule has 0 bridgehead atoms. The van der Waals surface area contributed by atoms with Gasteiger partial charge in [-0.1, -0.05) is 41.9 Å². The lowest BCUT2D eigenvalue weighted by Crippen LogP contribution is -2.35. The standard InChI is InChI=1S/C21H25ClN2O3/c1-24(2)18(16-7-4-3-5-8-16)14-23-20(25)13-15-11-17(22)21-19(12-15)26-9-6-10-27-21/h3-5,7-8,11-12,18H,6,9-10,13-14H2,1-2H3,(H,23,25). The van der Waals surface area contributed by atoms with E-state index in [1.54, 1.807) is 6.07 Å². The average molecular weight is 389 g/mol. The molecule has 27 heavy (non-hydrogen) atoms. The minimum absolute atomic E-state index is 0.0525. The van der Waals surface area contributed by atoms with Gasteiger partial charge in [-0.3, -0.25) is 4.79 Å². The number of ether oxygens (including phenoxy) is 2. The second kappa shape index (κ2) is 9.11. The van der Waals surface area contributed by atoms with Crippen LogP contribution in [0.5, 0.6) is 11.5 Å². The first-order chi connectivity index (χ1) is 13.0. The summed E-state index contributed by atoms with van der Waals surface area (Å²) in [5.41, 5.74) is 1.98. The molecule has 1 amide bonds. The fourth-order valence-corrected chi connectivity index (χ4v) is 3.41. The molecule has 3 rings (SSSR count). The topological polar surface area (TPSA) is 50.8 Å². The maximum atomic E-state index is 12.5. The van der Waals surface area contributed by atoms with Crippen molar-refractivity contribution in [2.24, 2.45) is 0 Å². The van der Waals surface area contributed by atoms with Gasteiger partial charge in [-0.15, -0.1) is 0 Å². The minimum Gasteiger partial charge on any atom is -0.489 e. The van der Waals surface area contributed by atoms with Crippen molar-refractivity contribution >= 4 is 17.5 Å². The second-order valence-corrected chi connectivity index (χ2v) is 7.23. The Labute approximate surface area is 165 Å². The molecule has 0 aromatic heterocycles. The summed E-state index contributed by atoms with van der Waals surface area (Å²) in [6, 6.07) is 13.9. The van der Waals surface area contributed by atoms with E-state index >= 15 is 0 Å². The first-order valence-electron chi connectivity index (χ1n) is 9.10. The third-order valence-electron chi connectivity index (χ3n) is 4.53. The van der Waals surface area contributed by atoms with E-state index in [9.17, 15) is 4.79 Å². The zero-order chi connectivity index (χ0) is 19.2. The molecule has 1 aliphatic rings. The third kappa shape index (κ3) is 5.15. The average Bonchev–Trinajstić information content (AvgIpc) is 2.88. The zero-order valence-corrected chi connectivity index (χ0v) is 16.5. The summed E-state index contributed by atoms with van der Waals surface area (Å²) in [7, 11) is 4.01. The Balaban J connectivity index is 1.64. The number of hydrogen-bond acceptors (Lipinski definition) is 4. The van der Waals surface area contributed by atoms with Crippen molar-refractivity contribution in [1.29, 1.82) is 0 Å². The highest BCUT2D eigenvalue weighted by molar-refractivity contribution is 6.32. The Hall–Kier alpha value is -2.24. The van der Waals surface area contributed by atoms with Crippen molar-refractivity contribution in [3.05, 3.63) is 58.6 Å². The van der Waals surface area contributed by atoms with Crippen LogP contribution >= 0.6 is 11.6 Å². The largest absolute Gasteiger partial charge is 0.489 e. The highest BCUT2D eigenvalue weighted by atomic mass is 35.5. The van der Waals surface area contributed by atoms with Gasteiger partial charge in [-0.25, -0.2) is 0 Å². The Morgan fingerprint density at radius 2 is 1.93 bits per heavy atom. The van der Waals surface area contributed by atoms with Gasteiger partial charge in [-0.05, 0) is 37.4 Å². The SMILES string of the molecule is CN(C)C(CNC(=O)Cc1cc(Cl)c2c(c1)OCCCO2)c1ccccc1. The molecule has 0 fully saturated rings. The fraction of sp³-hybridized carbons (Fsp3) is 0.381. The number of fused-ring (bicyclic) bond motifs is 1. The first-order valence-corrected chi connectivity index (χ1v) is 9.48. The molecule has 1 atom stereocenters. The van der Waals surface area contributed by atoms with Gasteiger partial charge in [0.2, 0.25) is 5.91 Å². The smallest absolute Gasteiger partial charge is 0.224 e. The van der Waals surface area contributed by atoms with Gasteiger partial charge < -0.3 is 19.7 Å². The number of amides is 1. The van der Waals surface area contributed by atoms with Crippen LogP contribution in [0.1, 0.15) is 23.6 Å². The molecule has 0 spiro atoms. The number of rotatable bonds is 6. The van der Waals surface area contributed by atoms with Crippen LogP contribution in [0.3, 0.4) is 0 Å². The molecule has 5 nitrogen and oxygen atoms in total. The monoisotopic (exact) mass is 388 g/mol. The van der Waals surface area contributed by atoms with E-state index < -0.39 is 0 Å². The maximum absolute atomic E-state index is 12.5. The molecule has 0 saturated heterocycles. The molecule has 1 unspecified atom stereocenters. The predicted octanol–water partition coefficient (Wildman–Crippen LogP) is 3.46. The van der Waals surface area contributed by atoms with Crippen molar-refractivity contribution in [3.8, 4) is 11.5 Å². The van der Waals surface area contributed by atoms with E-state index in [0.29, 0.717) is 36.3 Å². The Kier molecular flexibility index (Phi) is 6.58. The van der Waals surface area contributed by atoms with E-state index in [1.807, 2.05) is 38.4 Å². The van der Waals surface area contributed by atoms with Crippen LogP contribution in [-0.4, -0.2) is 44.7 Å². The molecular weight excluding hydrogens is 364 g/mol. The van der Waals surface area contributed by atoms with Crippen molar-refractivity contribution in [2.45, 2.75) is 18.9 Å². The molecule has 6 heteroatoms. The minimum atomic E-state index is -0.0525. The lowest BCUT2D eigenvalue weighted by molar-refractivity contribution is -0.120. The molecule has 1 N–H and O–H groups in total. The van der Waals surface area contributed by atoms with Crippen LogP contribution in [0, 0.1) is 0 Å². The Bertz CT molecular complexity index is 780. The first kappa shape index (κ1) is 19.5. The summed E-state index contributed by atoms with van der Waals surface area (Å²) in [6.45, 7) is 1.70. The van der Waals surface area contributed by atoms with Gasteiger partial charge in [0, 0.05) is 13.0 Å². The van der Waals surface area contributed by atoms with Crippen molar-refractivity contribution < 1.29 is 14.3 Å². The molecule has 0 radical (unpaired) electrons. The third-order valence-corrected chi connectivity index (χ3v) is 4.81. The highest BCUT2D eigenvalue weighted by Gasteiger charge is 2.18. The van der Waals surface area contributed by atoms with Gasteiger partial charge in [0.15, 0.2) is 11.5 Å². The van der Waals surface area contributed by atoms with Crippen LogP contribution in [0.15, 0.2) is 42.5 Å². The van der Waals surface area contributed by atoms with Gasteiger partial charge in [-0.2, -0.15) is 0 Å². The quantitative estimate of drug-likeness (QED) is 0.823. The number of likely N-dealkylation sites (N-methyl/N-ethyl adjacent to an activating group) is 1. The number of benzene rings is 2. The fourth-order valence-electron chi connectivity index (χ4n) is 3.12. The molecule has 0 aliphatic carbocycles. The molecular formula is C21H25ClN2O3. The number of carbonyl (C=O) groups is 1. The van der Waals surface area contributed by atoms with Crippen molar-refractivity contribution in [1.82, 2.24) is 10.2 Å². The Morgan fingerprint density at radius 3 is 2.67 bits per heavy atom. The van der Waals surface area contributed by atoms with Gasteiger partial charge >= 0.3 is 0 Å². The predicted molar refractivity (Wildman–Crippen MR) is 107 cm³/mol. The maximum Gasteiger partial charge on any atom is 0.224 e. The van der Waals surface area contributed by atoms with Gasteiger partial charge in [0.25, 0.3) is 0 Å². The van der Waals surface area contributed by atoms with Crippen LogP contribution in [0.2, 0.25) is 5.02 Å². The van der Waals surface area contributed by atoms with Crippen molar-refractivity contribution in [3.63, 3.8) is 0 Å². The van der Waals surface area contributed by atoms with Crippen LogP contribution in [0.4, 0.5) is 0 Å². The van der Waals surface area contributed by atoms with E-state index in [0.717, 1.165) is 12.0 Å². The lowest BCUT2D eigenvalue weighted by atomic mass is 10.1. The summed E-state index contributed by atoms with van der Waals surface area (Å²) in [5, 5.41) is 3.51. The molecule has 1 aliphatic heterocycles. The summed E-state index contributed by atoms with van der Waals surface area (Å²) >= 11 is 6.31. The number of hydrogen-bond donors (Lipinski definition) is 1. The van der Waals surface area contributed by atoms with E-state index in [2.05, 4.69) is 22.3 Å². The number of nitrogens with one attached hydrogen (secondary N) is 1. The molecule has 2 aromatic carbocycles.